The second-order valence-corrected chi connectivity index (χ2v) is 4.58. The van der Waals surface area contributed by atoms with Crippen molar-refractivity contribution in [2.75, 3.05) is 0 Å². The summed E-state index contributed by atoms with van der Waals surface area (Å²) >= 11 is 0. The van der Waals surface area contributed by atoms with Gasteiger partial charge < -0.3 is 19.7 Å². The van der Waals surface area contributed by atoms with Crippen LogP contribution in [-0.2, 0) is 9.59 Å². The Hall–Kier alpha value is -3.28. The molecule has 0 aliphatic heterocycles. The zero-order valence-electron chi connectivity index (χ0n) is 12.1. The van der Waals surface area contributed by atoms with E-state index in [4.69, 9.17) is 14.6 Å². The Bertz CT molecular complexity index is 750. The summed E-state index contributed by atoms with van der Waals surface area (Å²) in [5.41, 5.74) is -0.269. The number of carboxylic acid groups (broad SMARTS) is 1. The van der Waals surface area contributed by atoms with Crippen molar-refractivity contribution in [3.05, 3.63) is 60.7 Å². The standard InChI is InChI=1S/C17H14O6/c1-11(17(20)21)10-16(19)23-15-9-5-4-8-14(15)22-13-7-3-2-6-12(13)18/h2-9,18H,1,10H2,(H,20,21). The number of carbonyl (C=O) groups is 2. The highest BCUT2D eigenvalue weighted by atomic mass is 16.6. The fourth-order valence-corrected chi connectivity index (χ4v) is 1.69. The molecule has 0 aliphatic carbocycles. The summed E-state index contributed by atoms with van der Waals surface area (Å²) in [7, 11) is 0. The van der Waals surface area contributed by atoms with Gasteiger partial charge in [0.15, 0.2) is 23.0 Å². The maximum atomic E-state index is 11.7. The lowest BCUT2D eigenvalue weighted by Gasteiger charge is -2.12. The molecule has 2 N–H and O–H groups in total. The molecule has 0 aliphatic rings. The topological polar surface area (TPSA) is 93.1 Å². The van der Waals surface area contributed by atoms with Gasteiger partial charge >= 0.3 is 11.9 Å². The minimum absolute atomic E-state index is 0.0621. The second kappa shape index (κ2) is 7.13. The van der Waals surface area contributed by atoms with Gasteiger partial charge in [-0.05, 0) is 24.3 Å². The van der Waals surface area contributed by atoms with E-state index < -0.39 is 18.4 Å². The van der Waals surface area contributed by atoms with E-state index in [2.05, 4.69) is 6.58 Å². The van der Waals surface area contributed by atoms with E-state index in [9.17, 15) is 14.7 Å². The summed E-state index contributed by atoms with van der Waals surface area (Å²) in [5, 5.41) is 18.4. The minimum atomic E-state index is -1.26. The summed E-state index contributed by atoms with van der Waals surface area (Å²) in [6.45, 7) is 3.27. The molecule has 0 radical (unpaired) electrons. The fourth-order valence-electron chi connectivity index (χ4n) is 1.69. The van der Waals surface area contributed by atoms with E-state index in [0.717, 1.165) is 0 Å². The van der Waals surface area contributed by atoms with E-state index >= 15 is 0 Å². The van der Waals surface area contributed by atoms with Crippen molar-refractivity contribution in [2.45, 2.75) is 6.42 Å². The molecule has 0 fully saturated rings. The number of aliphatic carboxylic acids is 1. The Morgan fingerprint density at radius 3 is 2.13 bits per heavy atom. The number of aromatic hydroxyl groups is 1. The molecule has 0 saturated heterocycles. The highest BCUT2D eigenvalue weighted by molar-refractivity contribution is 5.92. The van der Waals surface area contributed by atoms with Gasteiger partial charge in [0, 0.05) is 5.57 Å². The lowest BCUT2D eigenvalue weighted by atomic mass is 10.2. The Balaban J connectivity index is 2.15. The molecule has 0 atom stereocenters. The maximum Gasteiger partial charge on any atom is 0.331 e. The monoisotopic (exact) mass is 314 g/mol. The molecular formula is C17H14O6. The van der Waals surface area contributed by atoms with Crippen LogP contribution in [0.3, 0.4) is 0 Å². The average molecular weight is 314 g/mol. The third-order valence-electron chi connectivity index (χ3n) is 2.82. The van der Waals surface area contributed by atoms with Crippen molar-refractivity contribution in [3.8, 4) is 23.0 Å². The molecule has 0 heterocycles. The Labute approximate surface area is 132 Å². The second-order valence-electron chi connectivity index (χ2n) is 4.58. The van der Waals surface area contributed by atoms with Gasteiger partial charge in [0.1, 0.15) is 0 Å². The lowest BCUT2D eigenvalue weighted by Crippen LogP contribution is -2.12. The minimum Gasteiger partial charge on any atom is -0.504 e. The number of benzene rings is 2. The number of ether oxygens (including phenoxy) is 2. The molecule has 0 saturated carbocycles. The molecule has 0 amide bonds. The SMILES string of the molecule is C=C(CC(=O)Oc1ccccc1Oc1ccccc1O)C(=O)O. The van der Waals surface area contributed by atoms with E-state index in [-0.39, 0.29) is 28.6 Å². The van der Waals surface area contributed by atoms with Crippen LogP contribution in [0.15, 0.2) is 60.7 Å². The van der Waals surface area contributed by atoms with Crippen molar-refractivity contribution in [3.63, 3.8) is 0 Å². The summed E-state index contributed by atoms with van der Waals surface area (Å²) in [6, 6.07) is 12.7. The molecule has 2 aromatic carbocycles. The first kappa shape index (κ1) is 16.1. The van der Waals surface area contributed by atoms with Crippen molar-refractivity contribution in [1.29, 1.82) is 0 Å². The number of carboxylic acids is 1. The molecule has 118 valence electrons. The van der Waals surface area contributed by atoms with E-state index in [0.29, 0.717) is 0 Å². The summed E-state index contributed by atoms with van der Waals surface area (Å²) in [4.78, 5) is 22.4. The van der Waals surface area contributed by atoms with E-state index in [1.165, 1.54) is 12.1 Å². The molecule has 0 spiro atoms. The molecule has 2 rings (SSSR count). The van der Waals surface area contributed by atoms with E-state index in [1.807, 2.05) is 0 Å². The van der Waals surface area contributed by atoms with E-state index in [1.54, 1.807) is 36.4 Å². The van der Waals surface area contributed by atoms with Gasteiger partial charge in [0.25, 0.3) is 0 Å². The molecule has 0 aromatic heterocycles. The number of hydrogen-bond acceptors (Lipinski definition) is 5. The van der Waals surface area contributed by atoms with Crippen molar-refractivity contribution < 1.29 is 29.3 Å². The third kappa shape index (κ3) is 4.34. The van der Waals surface area contributed by atoms with Gasteiger partial charge in [-0.1, -0.05) is 30.8 Å². The average Bonchev–Trinajstić information content (AvgIpc) is 2.51. The maximum absolute atomic E-state index is 11.7. The van der Waals surface area contributed by atoms with Crippen LogP contribution in [0.4, 0.5) is 0 Å². The van der Waals surface area contributed by atoms with Crippen molar-refractivity contribution in [2.24, 2.45) is 0 Å². The number of phenols is 1. The smallest absolute Gasteiger partial charge is 0.331 e. The Morgan fingerprint density at radius 1 is 0.957 bits per heavy atom. The lowest BCUT2D eigenvalue weighted by molar-refractivity contribution is -0.138. The summed E-state index contributed by atoms with van der Waals surface area (Å²) in [5.74, 6) is -1.58. The molecule has 6 nitrogen and oxygen atoms in total. The first-order valence-electron chi connectivity index (χ1n) is 6.64. The zero-order chi connectivity index (χ0) is 16.8. The van der Waals surface area contributed by atoms with Gasteiger partial charge in [0.2, 0.25) is 0 Å². The largest absolute Gasteiger partial charge is 0.504 e. The van der Waals surface area contributed by atoms with Crippen molar-refractivity contribution >= 4 is 11.9 Å². The van der Waals surface area contributed by atoms with Crippen LogP contribution in [0, 0.1) is 0 Å². The highest BCUT2D eigenvalue weighted by Crippen LogP contribution is 2.35. The molecule has 2 aromatic rings. The quantitative estimate of drug-likeness (QED) is 0.483. The zero-order valence-corrected chi connectivity index (χ0v) is 12.1. The number of carbonyl (C=O) groups excluding carboxylic acids is 1. The van der Waals surface area contributed by atoms with Gasteiger partial charge in [-0.15, -0.1) is 0 Å². The number of esters is 1. The van der Waals surface area contributed by atoms with Crippen LogP contribution in [0.2, 0.25) is 0 Å². The summed E-state index contributed by atoms with van der Waals surface area (Å²) in [6.07, 6.45) is -0.444. The number of para-hydroxylation sites is 4. The first-order chi connectivity index (χ1) is 11.0. The van der Waals surface area contributed by atoms with Crippen LogP contribution in [0.5, 0.6) is 23.0 Å². The molecule has 0 unspecified atom stereocenters. The van der Waals surface area contributed by atoms with Crippen LogP contribution >= 0.6 is 0 Å². The predicted molar refractivity (Wildman–Crippen MR) is 81.7 cm³/mol. The third-order valence-corrected chi connectivity index (χ3v) is 2.82. The van der Waals surface area contributed by atoms with Crippen LogP contribution in [-0.4, -0.2) is 22.2 Å². The van der Waals surface area contributed by atoms with Gasteiger partial charge in [-0.3, -0.25) is 4.79 Å². The molecular weight excluding hydrogens is 300 g/mol. The number of hydrogen-bond donors (Lipinski definition) is 2. The molecule has 0 bridgehead atoms. The Kier molecular flexibility index (Phi) is 4.99. The normalized spacial score (nSPS) is 9.91. The fraction of sp³-hybridized carbons (Fsp3) is 0.0588. The van der Waals surface area contributed by atoms with Crippen LogP contribution in [0.25, 0.3) is 0 Å². The predicted octanol–water partition coefficient (Wildman–Crippen LogP) is 3.12. The van der Waals surface area contributed by atoms with Gasteiger partial charge in [0.05, 0.1) is 6.42 Å². The first-order valence-corrected chi connectivity index (χ1v) is 6.64. The highest BCUT2D eigenvalue weighted by Gasteiger charge is 2.15. The van der Waals surface area contributed by atoms with Crippen LogP contribution in [0.1, 0.15) is 6.42 Å². The van der Waals surface area contributed by atoms with Gasteiger partial charge in [-0.25, -0.2) is 4.79 Å². The summed E-state index contributed by atoms with van der Waals surface area (Å²) < 4.78 is 10.6. The van der Waals surface area contributed by atoms with Crippen molar-refractivity contribution in [1.82, 2.24) is 0 Å². The number of rotatable bonds is 6. The van der Waals surface area contributed by atoms with Gasteiger partial charge in [-0.2, -0.15) is 0 Å². The van der Waals surface area contributed by atoms with Crippen LogP contribution < -0.4 is 9.47 Å². The number of phenolic OH excluding ortho intramolecular Hbond substituents is 1. The molecule has 6 heteroatoms. The Morgan fingerprint density at radius 2 is 1.52 bits per heavy atom. The molecule has 23 heavy (non-hydrogen) atoms.